The van der Waals surface area contributed by atoms with Crippen LogP contribution in [-0.2, 0) is 47.7 Å². The van der Waals surface area contributed by atoms with Crippen LogP contribution in [0.3, 0.4) is 0 Å². The van der Waals surface area contributed by atoms with Gasteiger partial charge in [-0.25, -0.2) is 0 Å². The summed E-state index contributed by atoms with van der Waals surface area (Å²) in [5, 5.41) is 21.3. The van der Waals surface area contributed by atoms with E-state index in [2.05, 4.69) is 20.8 Å². The fraction of sp³-hybridized carbons (Fsp3) is 0.928. The van der Waals surface area contributed by atoms with Gasteiger partial charge in [0.25, 0.3) is 0 Å². The highest BCUT2D eigenvalue weighted by atomic mass is 16.6. The Kier molecular flexibility index (Phi) is 22.9. The van der Waals surface area contributed by atoms with Gasteiger partial charge in [0.15, 0.2) is 0 Å². The molecule has 8 bridgehead atoms. The summed E-state index contributed by atoms with van der Waals surface area (Å²) >= 11 is 0. The van der Waals surface area contributed by atoms with Crippen LogP contribution in [0.15, 0.2) is 0 Å². The molecule has 2 N–H and O–H groups in total. The lowest BCUT2D eigenvalue weighted by Crippen LogP contribution is -2.67. The summed E-state index contributed by atoms with van der Waals surface area (Å²) in [5.74, 6) is 2.56. The lowest BCUT2D eigenvalue weighted by molar-refractivity contribution is -0.264. The van der Waals surface area contributed by atoms with Crippen LogP contribution < -0.4 is 0 Å². The molecule has 12 heteroatoms. The minimum atomic E-state index is -0.842. The molecule has 11 rings (SSSR count). The van der Waals surface area contributed by atoms with E-state index in [1.165, 1.54) is 64.2 Å². The van der Waals surface area contributed by atoms with E-state index in [4.69, 9.17) is 23.7 Å². The molecule has 11 fully saturated rings. The molecule has 0 saturated heterocycles. The number of rotatable bonds is 16. The highest BCUT2D eigenvalue weighted by Gasteiger charge is 2.65. The number of carbonyl (C=O) groups excluding carboxylic acids is 5. The molecule has 0 aliphatic heterocycles. The summed E-state index contributed by atoms with van der Waals surface area (Å²) < 4.78 is 28.8. The average molecular weight is 1140 g/mol. The molecule has 0 radical (unpaired) electrons. The Morgan fingerprint density at radius 2 is 0.753 bits per heavy atom. The zero-order valence-electron chi connectivity index (χ0n) is 54.8. The normalized spacial score (nSPS) is 31.5. The minimum absolute atomic E-state index is 0.0197. The maximum absolute atomic E-state index is 12.4. The number of carbonyl (C=O) groups is 5. The first-order valence-electron chi connectivity index (χ1n) is 33.0. The number of hydrogen-bond acceptors (Lipinski definition) is 12. The van der Waals surface area contributed by atoms with E-state index in [1.807, 2.05) is 96.9 Å². The third kappa shape index (κ3) is 18.2. The Morgan fingerprint density at radius 3 is 1.14 bits per heavy atom. The second kappa shape index (κ2) is 26.9. The van der Waals surface area contributed by atoms with E-state index in [-0.39, 0.29) is 80.3 Å². The summed E-state index contributed by atoms with van der Waals surface area (Å²) in [4.78, 5) is 60.3. The van der Waals surface area contributed by atoms with E-state index >= 15 is 0 Å². The Morgan fingerprint density at radius 1 is 0.407 bits per heavy atom. The molecule has 11 aliphatic carbocycles. The molecule has 12 nitrogen and oxygen atoms in total. The summed E-state index contributed by atoms with van der Waals surface area (Å²) in [6, 6.07) is 0. The van der Waals surface area contributed by atoms with Crippen molar-refractivity contribution >= 4 is 29.8 Å². The first-order chi connectivity index (χ1) is 37.4. The highest BCUT2D eigenvalue weighted by molar-refractivity contribution is 5.78. The van der Waals surface area contributed by atoms with Gasteiger partial charge in [-0.3, -0.25) is 24.0 Å². The molecular weight excluding hydrogens is 1020 g/mol. The van der Waals surface area contributed by atoms with E-state index in [0.717, 1.165) is 133 Å². The first-order valence-corrected chi connectivity index (χ1v) is 33.0. The molecule has 0 aromatic rings. The SMILES string of the molecule is CCC(C)(C)C(=O)OC1(C)CCCC1.CCC(C)(C)C(=O)OC12CC3CC(CC(C3)C1)C2.CCC(C)(C)C(=O)OC12CC3CC(O)(CC(O)(C3)C1)C2.CCC(C)(C)C(=O)OC1CCCCC1.CCC1(OC(=O)C(C)(C)CC)CCCC1. The number of hydrogen-bond donors (Lipinski definition) is 2. The van der Waals surface area contributed by atoms with Gasteiger partial charge in [-0.2, -0.15) is 0 Å². The Balaban J connectivity index is 0.000000187. The van der Waals surface area contributed by atoms with Crippen molar-refractivity contribution < 1.29 is 57.9 Å². The number of aliphatic hydroxyl groups is 2. The molecule has 2 unspecified atom stereocenters. The van der Waals surface area contributed by atoms with E-state index in [9.17, 15) is 34.2 Å². The van der Waals surface area contributed by atoms with E-state index in [0.29, 0.717) is 19.3 Å². The molecule has 11 aliphatic rings. The number of esters is 5. The van der Waals surface area contributed by atoms with Crippen molar-refractivity contribution in [2.24, 2.45) is 50.7 Å². The predicted octanol–water partition coefficient (Wildman–Crippen LogP) is 16.4. The van der Waals surface area contributed by atoms with Crippen molar-refractivity contribution in [1.82, 2.24) is 0 Å². The summed E-state index contributed by atoms with van der Waals surface area (Å²) in [6.07, 6.45) is 31.4. The van der Waals surface area contributed by atoms with E-state index in [1.54, 1.807) is 0 Å². The topological polar surface area (TPSA) is 172 Å². The Bertz CT molecular complexity index is 2040. The molecule has 0 heterocycles. The number of ether oxygens (including phenoxy) is 5. The minimum Gasteiger partial charge on any atom is -0.462 e. The lowest BCUT2D eigenvalue weighted by atomic mass is 9.50. The molecular formula is C69H120O12. The van der Waals surface area contributed by atoms with Crippen molar-refractivity contribution in [2.75, 3.05) is 0 Å². The molecule has 11 saturated carbocycles. The van der Waals surface area contributed by atoms with Gasteiger partial charge in [0.05, 0.1) is 38.3 Å². The maximum atomic E-state index is 12.4. The van der Waals surface area contributed by atoms with Gasteiger partial charge in [-0.15, -0.1) is 0 Å². The smallest absolute Gasteiger partial charge is 0.312 e. The predicted molar refractivity (Wildman–Crippen MR) is 321 cm³/mol. The van der Waals surface area contributed by atoms with Crippen molar-refractivity contribution in [3.63, 3.8) is 0 Å². The second-order valence-electron chi connectivity index (χ2n) is 31.6. The fourth-order valence-electron chi connectivity index (χ4n) is 14.9. The van der Waals surface area contributed by atoms with Crippen molar-refractivity contribution in [2.45, 2.75) is 356 Å². The molecule has 0 aromatic carbocycles. The van der Waals surface area contributed by atoms with Gasteiger partial charge < -0.3 is 33.9 Å². The van der Waals surface area contributed by atoms with Crippen LogP contribution in [0.2, 0.25) is 0 Å². The van der Waals surface area contributed by atoms with Gasteiger partial charge >= 0.3 is 29.8 Å². The van der Waals surface area contributed by atoms with Crippen LogP contribution in [0.25, 0.3) is 0 Å². The van der Waals surface area contributed by atoms with Gasteiger partial charge in [0, 0.05) is 19.3 Å². The van der Waals surface area contributed by atoms with Crippen LogP contribution in [0.5, 0.6) is 0 Å². The van der Waals surface area contributed by atoms with Crippen LogP contribution >= 0.6 is 0 Å². The molecule has 0 aromatic heterocycles. The third-order valence-corrected chi connectivity index (χ3v) is 22.0. The van der Waals surface area contributed by atoms with Crippen LogP contribution in [0.4, 0.5) is 0 Å². The van der Waals surface area contributed by atoms with Crippen molar-refractivity contribution in [3.8, 4) is 0 Å². The van der Waals surface area contributed by atoms with Gasteiger partial charge in [0.2, 0.25) is 0 Å². The van der Waals surface area contributed by atoms with E-state index < -0.39 is 22.2 Å². The lowest BCUT2D eigenvalue weighted by Gasteiger charge is -2.62. The molecule has 0 amide bonds. The van der Waals surface area contributed by atoms with Gasteiger partial charge in [-0.1, -0.05) is 48.0 Å². The van der Waals surface area contributed by atoms with Crippen molar-refractivity contribution in [1.29, 1.82) is 0 Å². The monoisotopic (exact) mass is 1140 g/mol. The highest BCUT2D eigenvalue weighted by Crippen LogP contribution is 2.61. The Hall–Kier alpha value is -2.73. The molecule has 0 spiro atoms. The summed E-state index contributed by atoms with van der Waals surface area (Å²) in [6.45, 7) is 33.9. The fourth-order valence-corrected chi connectivity index (χ4v) is 14.9. The summed E-state index contributed by atoms with van der Waals surface area (Å²) in [7, 11) is 0. The van der Waals surface area contributed by atoms with Crippen LogP contribution in [-0.4, -0.2) is 79.8 Å². The average Bonchev–Trinajstić information content (AvgIpc) is 4.05. The molecule has 468 valence electrons. The Labute approximate surface area is 492 Å². The largest absolute Gasteiger partial charge is 0.462 e. The molecule has 81 heavy (non-hydrogen) atoms. The summed E-state index contributed by atoms with van der Waals surface area (Å²) in [5.41, 5.74) is -4.50. The quantitative estimate of drug-likeness (QED) is 0.111. The van der Waals surface area contributed by atoms with Crippen LogP contribution in [0, 0.1) is 50.7 Å². The second-order valence-corrected chi connectivity index (χ2v) is 31.6. The van der Waals surface area contributed by atoms with Crippen molar-refractivity contribution in [3.05, 3.63) is 0 Å². The van der Waals surface area contributed by atoms with Gasteiger partial charge in [-0.05, 0) is 273 Å². The van der Waals surface area contributed by atoms with Gasteiger partial charge in [0.1, 0.15) is 28.5 Å². The first kappa shape index (κ1) is 69.0. The molecule has 2 atom stereocenters. The zero-order valence-corrected chi connectivity index (χ0v) is 54.8. The standard InChI is InChI=1S/C16H26O4.C16H26O2.C13H24O2.2C12H22O2/c1-4-13(2,3)12(17)20-16-7-11-5-14(18,9-16)8-15(19,6-11)10-16;1-4-15(2,3)14(17)18-16-8-11-5-12(9-16)7-13(6-11)10-16;1-5-12(3,4)11(14)15-13(6-2)9-7-8-10-13;1-5-11(2,3)10(13)14-12(4)8-6-7-9-12;1-4-12(2,3)11(13)14-10-8-6-5-7-9-10/h11,18-19H,4-10H2,1-3H3;11-13H,4-10H2,1-3H3;5-10H2,1-4H3;5-9H2,1-4H3;10H,4-9H2,1-3H3. The zero-order chi connectivity index (χ0) is 60.7. The third-order valence-electron chi connectivity index (χ3n) is 22.0. The van der Waals surface area contributed by atoms with Crippen LogP contribution in [0.1, 0.15) is 317 Å². The maximum Gasteiger partial charge on any atom is 0.312 e.